The molecule has 3 aromatic carbocycles. The van der Waals surface area contributed by atoms with Crippen molar-refractivity contribution in [3.63, 3.8) is 0 Å². The van der Waals surface area contributed by atoms with Gasteiger partial charge in [-0.1, -0.05) is 78.9 Å². The Labute approximate surface area is 201 Å². The van der Waals surface area contributed by atoms with Crippen molar-refractivity contribution in [1.82, 2.24) is 0 Å². The second-order valence-corrected chi connectivity index (χ2v) is 7.64. The van der Waals surface area contributed by atoms with Crippen LogP contribution in [0.4, 0.5) is 5.88 Å². The van der Waals surface area contributed by atoms with Crippen molar-refractivity contribution in [3.05, 3.63) is 114 Å². The Balaban J connectivity index is 1.56. The van der Waals surface area contributed by atoms with Gasteiger partial charge in [0.1, 0.15) is 28.9 Å². The van der Waals surface area contributed by atoms with E-state index in [1.807, 2.05) is 60.7 Å². The molecule has 0 saturated carbocycles. The van der Waals surface area contributed by atoms with Crippen LogP contribution >= 0.6 is 0 Å². The predicted molar refractivity (Wildman–Crippen MR) is 133 cm³/mol. The molecule has 5 aromatic rings. The van der Waals surface area contributed by atoms with E-state index in [4.69, 9.17) is 8.83 Å². The fourth-order valence-corrected chi connectivity index (χ4v) is 3.86. The number of nitrogens with zero attached hydrogens (tertiary/aromatic N) is 2. The highest BCUT2D eigenvalue weighted by atomic mass is 16.4. The summed E-state index contributed by atoms with van der Waals surface area (Å²) in [7, 11) is 0. The Morgan fingerprint density at radius 2 is 1.49 bits per heavy atom. The van der Waals surface area contributed by atoms with E-state index in [1.54, 1.807) is 30.3 Å². The first-order valence-corrected chi connectivity index (χ1v) is 10.8. The van der Waals surface area contributed by atoms with Gasteiger partial charge in [-0.25, -0.2) is 9.79 Å². The highest BCUT2D eigenvalue weighted by Gasteiger charge is 2.22. The number of benzene rings is 3. The van der Waals surface area contributed by atoms with Gasteiger partial charge in [0.2, 0.25) is 5.88 Å². The molecule has 0 bridgehead atoms. The van der Waals surface area contributed by atoms with E-state index in [0.717, 1.165) is 11.1 Å². The zero-order valence-corrected chi connectivity index (χ0v) is 18.4. The summed E-state index contributed by atoms with van der Waals surface area (Å²) in [6.45, 7) is 0. The van der Waals surface area contributed by atoms with Gasteiger partial charge in [-0.05, 0) is 23.8 Å². The zero-order chi connectivity index (χ0) is 24.2. The largest absolute Gasteiger partial charge is 0.478 e. The topological polar surface area (TPSA) is 99.7 Å². The monoisotopic (exact) mass is 458 g/mol. The van der Waals surface area contributed by atoms with Crippen molar-refractivity contribution in [2.24, 2.45) is 4.99 Å². The molecule has 5 rings (SSSR count). The van der Waals surface area contributed by atoms with Crippen LogP contribution in [0.5, 0.6) is 0 Å². The maximum atomic E-state index is 11.5. The van der Waals surface area contributed by atoms with Gasteiger partial charge in [0, 0.05) is 16.7 Å². The highest BCUT2D eigenvalue weighted by molar-refractivity contribution is 5.95. The summed E-state index contributed by atoms with van der Waals surface area (Å²) in [6, 6.07) is 31.3. The standard InChI is InChI=1S/C29H18N2O4/c30-17-24-26(19-9-3-1-4-10-19)27(20-11-5-2-6-12-20)35-28(24)31-18-21-15-16-25(34-21)22-13-7-8-14-23(22)29(32)33/h1-16,18H,(H,32,33). The summed E-state index contributed by atoms with van der Waals surface area (Å²) in [5, 5.41) is 19.4. The molecule has 6 nitrogen and oxygen atoms in total. The lowest BCUT2D eigenvalue weighted by molar-refractivity contribution is 0.0697. The third-order valence-corrected chi connectivity index (χ3v) is 5.46. The van der Waals surface area contributed by atoms with Crippen LogP contribution in [0.25, 0.3) is 33.8 Å². The molecule has 35 heavy (non-hydrogen) atoms. The Morgan fingerprint density at radius 3 is 2.17 bits per heavy atom. The van der Waals surface area contributed by atoms with Crippen molar-refractivity contribution in [2.75, 3.05) is 0 Å². The SMILES string of the molecule is N#Cc1c(N=Cc2ccc(-c3ccccc3C(=O)O)o2)oc(-c2ccccc2)c1-c1ccccc1. The molecule has 0 spiro atoms. The van der Waals surface area contributed by atoms with E-state index in [-0.39, 0.29) is 11.4 Å². The van der Waals surface area contributed by atoms with Crippen LogP contribution in [0, 0.1) is 11.3 Å². The van der Waals surface area contributed by atoms with E-state index in [9.17, 15) is 15.2 Å². The van der Waals surface area contributed by atoms with Crippen LogP contribution in [0.15, 0.2) is 111 Å². The molecule has 168 valence electrons. The number of hydrogen-bond acceptors (Lipinski definition) is 5. The summed E-state index contributed by atoms with van der Waals surface area (Å²) in [6.07, 6.45) is 1.45. The molecular weight excluding hydrogens is 440 g/mol. The van der Waals surface area contributed by atoms with Crippen LogP contribution in [-0.4, -0.2) is 17.3 Å². The number of hydrogen-bond donors (Lipinski definition) is 1. The van der Waals surface area contributed by atoms with Crippen LogP contribution in [-0.2, 0) is 0 Å². The highest BCUT2D eigenvalue weighted by Crippen LogP contribution is 2.42. The van der Waals surface area contributed by atoms with E-state index in [0.29, 0.717) is 34.0 Å². The number of furan rings is 2. The van der Waals surface area contributed by atoms with Crippen LogP contribution in [0.3, 0.4) is 0 Å². The van der Waals surface area contributed by atoms with E-state index >= 15 is 0 Å². The minimum Gasteiger partial charge on any atom is -0.478 e. The first kappa shape index (κ1) is 21.7. The normalized spacial score (nSPS) is 10.9. The minimum atomic E-state index is -1.04. The fraction of sp³-hybridized carbons (Fsp3) is 0. The second kappa shape index (κ2) is 9.38. The molecule has 2 aromatic heterocycles. The van der Waals surface area contributed by atoms with Crippen LogP contribution in [0.1, 0.15) is 21.7 Å². The zero-order valence-electron chi connectivity index (χ0n) is 18.4. The molecule has 0 aliphatic rings. The van der Waals surface area contributed by atoms with E-state index in [1.165, 1.54) is 12.3 Å². The molecule has 2 heterocycles. The molecule has 0 fully saturated rings. The predicted octanol–water partition coefficient (Wildman–Crippen LogP) is 7.19. The van der Waals surface area contributed by atoms with Gasteiger partial charge in [-0.3, -0.25) is 0 Å². The lowest BCUT2D eigenvalue weighted by Gasteiger charge is -2.03. The molecular formula is C29H18N2O4. The Bertz CT molecular complexity index is 1570. The number of carbonyl (C=O) groups is 1. The first-order valence-electron chi connectivity index (χ1n) is 10.8. The molecule has 0 radical (unpaired) electrons. The molecule has 0 aliphatic carbocycles. The van der Waals surface area contributed by atoms with Gasteiger partial charge in [0.05, 0.1) is 11.8 Å². The lowest BCUT2D eigenvalue weighted by atomic mass is 9.98. The van der Waals surface area contributed by atoms with Crippen LogP contribution in [0.2, 0.25) is 0 Å². The molecule has 0 saturated heterocycles. The second-order valence-electron chi connectivity index (χ2n) is 7.64. The molecule has 0 atom stereocenters. The van der Waals surface area contributed by atoms with Gasteiger partial charge < -0.3 is 13.9 Å². The van der Waals surface area contributed by atoms with E-state index < -0.39 is 5.97 Å². The van der Waals surface area contributed by atoms with Crippen LogP contribution < -0.4 is 0 Å². The van der Waals surface area contributed by atoms with Crippen molar-refractivity contribution in [1.29, 1.82) is 5.26 Å². The molecule has 0 amide bonds. The first-order chi connectivity index (χ1) is 17.2. The summed E-state index contributed by atoms with van der Waals surface area (Å²) in [5.41, 5.74) is 3.26. The fourth-order valence-electron chi connectivity index (χ4n) is 3.86. The summed E-state index contributed by atoms with van der Waals surface area (Å²) < 4.78 is 11.9. The average Bonchev–Trinajstić information content (AvgIpc) is 3.53. The third kappa shape index (κ3) is 4.26. The number of aromatic carboxylic acids is 1. The summed E-state index contributed by atoms with van der Waals surface area (Å²) in [4.78, 5) is 16.0. The summed E-state index contributed by atoms with van der Waals surface area (Å²) in [5.74, 6) is 0.468. The quantitative estimate of drug-likeness (QED) is 0.271. The average molecular weight is 458 g/mol. The molecule has 0 unspecified atom stereocenters. The van der Waals surface area contributed by atoms with Gasteiger partial charge in [-0.2, -0.15) is 5.26 Å². The number of rotatable bonds is 6. The van der Waals surface area contributed by atoms with Crippen molar-refractivity contribution in [3.8, 4) is 39.8 Å². The Kier molecular flexibility index (Phi) is 5.81. The Morgan fingerprint density at radius 1 is 0.829 bits per heavy atom. The smallest absolute Gasteiger partial charge is 0.336 e. The maximum absolute atomic E-state index is 11.5. The third-order valence-electron chi connectivity index (χ3n) is 5.46. The number of carboxylic acids is 1. The summed E-state index contributed by atoms with van der Waals surface area (Å²) >= 11 is 0. The molecule has 0 aliphatic heterocycles. The number of carboxylic acid groups (broad SMARTS) is 1. The van der Waals surface area contributed by atoms with Crippen molar-refractivity contribution < 1.29 is 18.7 Å². The number of aliphatic imine (C=N–C) groups is 1. The van der Waals surface area contributed by atoms with Crippen molar-refractivity contribution >= 4 is 18.1 Å². The lowest BCUT2D eigenvalue weighted by Crippen LogP contribution is -1.98. The van der Waals surface area contributed by atoms with Gasteiger partial charge in [0.25, 0.3) is 0 Å². The molecule has 6 heteroatoms. The van der Waals surface area contributed by atoms with Gasteiger partial charge >= 0.3 is 5.97 Å². The van der Waals surface area contributed by atoms with Crippen molar-refractivity contribution in [2.45, 2.75) is 0 Å². The minimum absolute atomic E-state index is 0.142. The van der Waals surface area contributed by atoms with Gasteiger partial charge in [0.15, 0.2) is 0 Å². The number of nitriles is 1. The van der Waals surface area contributed by atoms with E-state index in [2.05, 4.69) is 11.1 Å². The van der Waals surface area contributed by atoms with Gasteiger partial charge in [-0.15, -0.1) is 0 Å². The molecule has 1 N–H and O–H groups in total. The Hall–Kier alpha value is -5.15. The maximum Gasteiger partial charge on any atom is 0.336 e.